The first-order valence-corrected chi connectivity index (χ1v) is 11.9. The second-order valence-corrected chi connectivity index (χ2v) is 10.1. The summed E-state index contributed by atoms with van der Waals surface area (Å²) in [5.41, 5.74) is 0.940. The number of fused-ring (bicyclic) bond motifs is 3. The fourth-order valence-electron chi connectivity index (χ4n) is 3.64. The summed E-state index contributed by atoms with van der Waals surface area (Å²) in [5.74, 6) is 0. The van der Waals surface area contributed by atoms with Crippen molar-refractivity contribution in [3.63, 3.8) is 0 Å². The third-order valence-corrected chi connectivity index (χ3v) is 5.68. The average Bonchev–Trinajstić information content (AvgIpc) is 3.04. The molecule has 0 aliphatic rings. The molecule has 0 atom stereocenters. The minimum Gasteiger partial charge on any atom is -0.741 e. The van der Waals surface area contributed by atoms with Crippen LogP contribution < -0.4 is 4.57 Å². The van der Waals surface area contributed by atoms with Gasteiger partial charge in [-0.15, -0.1) is 0 Å². The predicted octanol–water partition coefficient (Wildman–Crippen LogP) is 4.57. The highest BCUT2D eigenvalue weighted by molar-refractivity contribution is 7.86. The van der Waals surface area contributed by atoms with Gasteiger partial charge in [0.1, 0.15) is 12.4 Å². The van der Waals surface area contributed by atoms with Crippen LogP contribution in [0.4, 0.5) is 13.2 Å². The van der Waals surface area contributed by atoms with Crippen LogP contribution in [0.15, 0.2) is 24.5 Å². The Hall–Kier alpha value is -2.20. The van der Waals surface area contributed by atoms with Crippen molar-refractivity contribution >= 4 is 26.8 Å². The van der Waals surface area contributed by atoms with Crippen molar-refractivity contribution in [2.75, 3.05) is 0 Å². The normalized spacial score (nSPS) is 12.8. The lowest BCUT2D eigenvalue weighted by atomic mass is 9.90. The maximum atomic E-state index is 10.7. The molecule has 0 bridgehead atoms. The molecule has 0 aliphatic heterocycles. The lowest BCUT2D eigenvalue weighted by Crippen LogP contribution is -2.28. The van der Waals surface area contributed by atoms with Gasteiger partial charge in [0, 0.05) is 16.4 Å². The summed E-state index contributed by atoms with van der Waals surface area (Å²) in [6.07, 6.45) is 8.86. The van der Waals surface area contributed by atoms with E-state index >= 15 is 0 Å². The first kappa shape index (κ1) is 26.1. The summed E-state index contributed by atoms with van der Waals surface area (Å²) in [6.45, 7) is 11.2. The van der Waals surface area contributed by atoms with Gasteiger partial charge in [-0.05, 0) is 30.5 Å². The molecule has 0 saturated carbocycles. The number of halogens is 3. The van der Waals surface area contributed by atoms with E-state index in [0.29, 0.717) is 0 Å². The van der Waals surface area contributed by atoms with E-state index in [0.717, 1.165) is 37.0 Å². The number of pyridine rings is 2. The van der Waals surface area contributed by atoms with Crippen LogP contribution >= 0.6 is 0 Å². The number of imidazole rings is 1. The number of alkyl halides is 3. The zero-order valence-corrected chi connectivity index (χ0v) is 20.1. The van der Waals surface area contributed by atoms with E-state index in [1.807, 2.05) is 0 Å². The van der Waals surface area contributed by atoms with Crippen LogP contribution in [0.3, 0.4) is 0 Å². The summed E-state index contributed by atoms with van der Waals surface area (Å²) in [5, 5.41) is 1.32. The Bertz CT molecular complexity index is 1210. The number of hydrogen-bond acceptors (Lipinski definition) is 4. The van der Waals surface area contributed by atoms with Crippen LogP contribution in [-0.2, 0) is 35.4 Å². The molecule has 3 rings (SSSR count). The van der Waals surface area contributed by atoms with E-state index < -0.39 is 15.6 Å². The molecule has 0 unspecified atom stereocenters. The van der Waals surface area contributed by atoms with Crippen LogP contribution in [0.5, 0.6) is 0 Å². The Morgan fingerprint density at radius 2 is 1.59 bits per heavy atom. The van der Waals surface area contributed by atoms with E-state index in [2.05, 4.69) is 75.2 Å². The number of hydrogen-bond donors (Lipinski definition) is 0. The Labute approximate surface area is 186 Å². The van der Waals surface area contributed by atoms with Crippen LogP contribution in [0.1, 0.15) is 64.3 Å². The van der Waals surface area contributed by atoms with E-state index in [4.69, 9.17) is 18.0 Å². The fraction of sp³-hybridized carbons (Fsp3) is 0.545. The van der Waals surface area contributed by atoms with Gasteiger partial charge in [0.05, 0.1) is 12.7 Å². The van der Waals surface area contributed by atoms with Crippen molar-refractivity contribution in [1.29, 1.82) is 0 Å². The number of rotatable bonds is 4. The van der Waals surface area contributed by atoms with E-state index in [-0.39, 0.29) is 5.41 Å². The molecule has 32 heavy (non-hydrogen) atoms. The molecule has 0 fully saturated rings. The maximum Gasteiger partial charge on any atom is 0.485 e. The zero-order valence-electron chi connectivity index (χ0n) is 19.2. The fourth-order valence-corrected chi connectivity index (χ4v) is 3.64. The lowest BCUT2D eigenvalue weighted by Gasteiger charge is -2.19. The molecule has 10 heteroatoms. The van der Waals surface area contributed by atoms with Gasteiger partial charge in [-0.2, -0.15) is 17.6 Å². The molecule has 0 aliphatic carbocycles. The third-order valence-electron chi connectivity index (χ3n) is 5.12. The van der Waals surface area contributed by atoms with E-state index in [1.54, 1.807) is 0 Å². The molecule has 0 saturated heterocycles. The largest absolute Gasteiger partial charge is 0.741 e. The van der Waals surface area contributed by atoms with Gasteiger partial charge >= 0.3 is 5.51 Å². The monoisotopic (exact) mass is 473 g/mol. The molecule has 0 radical (unpaired) electrons. The summed E-state index contributed by atoms with van der Waals surface area (Å²) >= 11 is 0. The summed E-state index contributed by atoms with van der Waals surface area (Å²) in [6, 6.07) is 4.51. The SMILES string of the molecule is CCCc1c(CCC)c2n(cc[n+]2C)c2nc(C(C)(C)C)ccc12.O=S(=O)([O-])C(F)(F)F. The Balaban J connectivity index is 0.000000390. The first-order valence-electron chi connectivity index (χ1n) is 10.5. The van der Waals surface area contributed by atoms with Crippen LogP contribution in [0.25, 0.3) is 16.7 Å². The molecule has 0 amide bonds. The summed E-state index contributed by atoms with van der Waals surface area (Å²) < 4.78 is 63.4. The number of aromatic nitrogens is 3. The Morgan fingerprint density at radius 3 is 2.06 bits per heavy atom. The molecule has 0 aromatic carbocycles. The minimum atomic E-state index is -6.09. The topological polar surface area (TPSA) is 78.4 Å². The standard InChI is InChI=1S/C21H30N3.CHF3O3S/c1-7-9-15-16-11-12-18(21(3,4)5)22-19(16)24-14-13-23(6)20(24)17(15)10-8-2;2-1(3,4)8(5,6)7/h11-14H,7-10H2,1-6H3;(H,5,6,7)/q+1;/p-1. The van der Waals surface area contributed by atoms with Crippen LogP contribution in [-0.4, -0.2) is 27.9 Å². The number of aryl methyl sites for hydroxylation is 3. The maximum absolute atomic E-state index is 10.7. The van der Waals surface area contributed by atoms with Gasteiger partial charge in [-0.25, -0.2) is 18.0 Å². The zero-order chi connectivity index (χ0) is 24.5. The molecule has 0 spiro atoms. The molecular formula is C22H30F3N3O3S. The van der Waals surface area contributed by atoms with Crippen molar-refractivity contribution in [2.24, 2.45) is 7.05 Å². The molecule has 0 N–H and O–H groups in total. The van der Waals surface area contributed by atoms with Crippen LogP contribution in [0, 0.1) is 0 Å². The first-order chi connectivity index (χ1) is 14.6. The molecule has 6 nitrogen and oxygen atoms in total. The van der Waals surface area contributed by atoms with Gasteiger partial charge in [0.2, 0.25) is 5.65 Å². The quantitative estimate of drug-likeness (QED) is 0.316. The molecule has 3 heterocycles. The van der Waals surface area contributed by atoms with Crippen molar-refractivity contribution < 1.29 is 30.7 Å². The summed E-state index contributed by atoms with van der Waals surface area (Å²) in [7, 11) is -3.95. The highest BCUT2D eigenvalue weighted by atomic mass is 32.2. The molecule has 3 aromatic heterocycles. The van der Waals surface area contributed by atoms with Gasteiger partial charge in [0.15, 0.2) is 10.1 Å². The number of nitrogens with zero attached hydrogens (tertiary/aromatic N) is 3. The second kappa shape index (κ2) is 9.35. The Kier molecular flexibility index (Phi) is 7.61. The van der Waals surface area contributed by atoms with E-state index in [1.165, 1.54) is 22.2 Å². The van der Waals surface area contributed by atoms with Gasteiger partial charge in [-0.1, -0.05) is 47.5 Å². The molecular weight excluding hydrogens is 443 g/mol. The molecule has 178 valence electrons. The van der Waals surface area contributed by atoms with Crippen LogP contribution in [0.2, 0.25) is 0 Å². The highest BCUT2D eigenvalue weighted by Crippen LogP contribution is 2.30. The van der Waals surface area contributed by atoms with Crippen molar-refractivity contribution in [3.05, 3.63) is 41.3 Å². The van der Waals surface area contributed by atoms with Crippen molar-refractivity contribution in [2.45, 2.75) is 71.2 Å². The Morgan fingerprint density at radius 1 is 1.06 bits per heavy atom. The van der Waals surface area contributed by atoms with Gasteiger partial charge in [-0.3, -0.25) is 0 Å². The smallest absolute Gasteiger partial charge is 0.485 e. The average molecular weight is 474 g/mol. The van der Waals surface area contributed by atoms with Crippen molar-refractivity contribution in [3.8, 4) is 0 Å². The third kappa shape index (κ3) is 5.40. The van der Waals surface area contributed by atoms with E-state index in [9.17, 15) is 13.2 Å². The van der Waals surface area contributed by atoms with Gasteiger partial charge in [0.25, 0.3) is 5.65 Å². The summed E-state index contributed by atoms with van der Waals surface area (Å²) in [4.78, 5) is 5.08. The van der Waals surface area contributed by atoms with Gasteiger partial charge < -0.3 is 4.55 Å². The van der Waals surface area contributed by atoms with Crippen molar-refractivity contribution in [1.82, 2.24) is 9.38 Å². The second-order valence-electron chi connectivity index (χ2n) is 8.78. The predicted molar refractivity (Wildman–Crippen MR) is 116 cm³/mol. The lowest BCUT2D eigenvalue weighted by molar-refractivity contribution is -0.644. The molecule has 3 aromatic rings. The highest BCUT2D eigenvalue weighted by Gasteiger charge is 2.37. The minimum absolute atomic E-state index is 0.0584.